The summed E-state index contributed by atoms with van der Waals surface area (Å²) in [6, 6.07) is 0. The predicted octanol–water partition coefficient (Wildman–Crippen LogP) is 2.35. The first-order chi connectivity index (χ1) is 10.3. The number of ketones is 1. The fraction of sp³-hybridized carbons (Fsp3) is 0.500. The summed E-state index contributed by atoms with van der Waals surface area (Å²) < 4.78 is 58.7. The second-order valence-corrected chi connectivity index (χ2v) is 4.68. The van der Waals surface area contributed by atoms with Crippen molar-refractivity contribution in [3.8, 4) is 5.75 Å². The minimum absolute atomic E-state index is 0.00619. The minimum atomic E-state index is -2.19. The fourth-order valence-corrected chi connectivity index (χ4v) is 1.90. The quantitative estimate of drug-likeness (QED) is 0.459. The summed E-state index contributed by atoms with van der Waals surface area (Å²) in [5.41, 5.74) is -1.58. The standard InChI is InChI=1S/C14H16F4O4/c1-3-4-5-6(19)12(20)13(21)7-8(15)10(17)14(22-2)11(18)9(7)16/h6,12,19-20H,3-5H2,1-2H3/t6-,12+/m1/s1. The topological polar surface area (TPSA) is 66.8 Å². The average Bonchev–Trinajstić information content (AvgIpc) is 2.50. The Morgan fingerprint density at radius 2 is 1.59 bits per heavy atom. The SMILES string of the molecule is CCCC[C@@H](O)[C@H](O)C(=O)c1c(F)c(F)c(OC)c(F)c1F. The first-order valence-corrected chi connectivity index (χ1v) is 6.58. The van der Waals surface area contributed by atoms with Crippen molar-refractivity contribution in [1.29, 1.82) is 0 Å². The van der Waals surface area contributed by atoms with Crippen molar-refractivity contribution >= 4 is 5.78 Å². The molecule has 0 aliphatic carbocycles. The molecule has 0 unspecified atom stereocenters. The van der Waals surface area contributed by atoms with Crippen LogP contribution in [0.4, 0.5) is 17.6 Å². The average molecular weight is 324 g/mol. The van der Waals surface area contributed by atoms with Gasteiger partial charge < -0.3 is 14.9 Å². The maximum atomic E-state index is 13.7. The number of rotatable bonds is 7. The van der Waals surface area contributed by atoms with E-state index in [9.17, 15) is 32.6 Å². The molecule has 0 radical (unpaired) electrons. The van der Waals surface area contributed by atoms with E-state index in [1.807, 2.05) is 0 Å². The van der Waals surface area contributed by atoms with Gasteiger partial charge in [0, 0.05) is 0 Å². The predicted molar refractivity (Wildman–Crippen MR) is 68.7 cm³/mol. The molecule has 0 aliphatic rings. The molecule has 22 heavy (non-hydrogen) atoms. The lowest BCUT2D eigenvalue weighted by atomic mass is 9.97. The molecule has 0 amide bonds. The fourth-order valence-electron chi connectivity index (χ4n) is 1.90. The summed E-state index contributed by atoms with van der Waals surface area (Å²) in [7, 11) is 0.797. The Morgan fingerprint density at radius 3 is 2.00 bits per heavy atom. The normalized spacial score (nSPS) is 13.8. The highest BCUT2D eigenvalue weighted by Crippen LogP contribution is 2.30. The van der Waals surface area contributed by atoms with Crippen molar-refractivity contribution in [3.63, 3.8) is 0 Å². The molecule has 0 fully saturated rings. The molecule has 8 heteroatoms. The number of hydrogen-bond donors (Lipinski definition) is 2. The summed E-state index contributed by atoms with van der Waals surface area (Å²) in [6.07, 6.45) is -2.70. The zero-order valence-corrected chi connectivity index (χ0v) is 12.0. The maximum absolute atomic E-state index is 13.7. The van der Waals surface area contributed by atoms with Crippen LogP contribution in [0.25, 0.3) is 0 Å². The first kappa shape index (κ1) is 18.4. The number of ether oxygens (including phenoxy) is 1. The molecule has 2 atom stereocenters. The van der Waals surface area contributed by atoms with Crippen LogP contribution in [0.3, 0.4) is 0 Å². The second kappa shape index (κ2) is 7.55. The molecule has 0 aromatic heterocycles. The van der Waals surface area contributed by atoms with Crippen LogP contribution in [0, 0.1) is 23.3 Å². The van der Waals surface area contributed by atoms with Crippen LogP contribution in [0.15, 0.2) is 0 Å². The number of carbonyl (C=O) groups excluding carboxylic acids is 1. The molecule has 0 heterocycles. The van der Waals surface area contributed by atoms with Gasteiger partial charge in [-0.25, -0.2) is 8.78 Å². The van der Waals surface area contributed by atoms with Crippen LogP contribution in [0.2, 0.25) is 0 Å². The second-order valence-electron chi connectivity index (χ2n) is 4.68. The number of benzene rings is 1. The monoisotopic (exact) mass is 324 g/mol. The van der Waals surface area contributed by atoms with Gasteiger partial charge >= 0.3 is 0 Å². The van der Waals surface area contributed by atoms with Gasteiger partial charge in [-0.1, -0.05) is 19.8 Å². The molecule has 1 aromatic rings. The number of aliphatic hydroxyl groups is 2. The van der Waals surface area contributed by atoms with Crippen LogP contribution in [0.1, 0.15) is 36.5 Å². The van der Waals surface area contributed by atoms with E-state index in [1.165, 1.54) is 0 Å². The number of carbonyl (C=O) groups is 1. The van der Waals surface area contributed by atoms with Gasteiger partial charge in [-0.05, 0) is 6.42 Å². The van der Waals surface area contributed by atoms with E-state index in [4.69, 9.17) is 0 Å². The van der Waals surface area contributed by atoms with Crippen molar-refractivity contribution in [1.82, 2.24) is 0 Å². The Labute approximate surface area is 124 Å². The Balaban J connectivity index is 3.24. The van der Waals surface area contributed by atoms with E-state index in [0.29, 0.717) is 12.8 Å². The van der Waals surface area contributed by atoms with Gasteiger partial charge in [-0.3, -0.25) is 4.79 Å². The van der Waals surface area contributed by atoms with Crippen molar-refractivity contribution in [2.45, 2.75) is 38.4 Å². The molecule has 124 valence electrons. The van der Waals surface area contributed by atoms with Crippen molar-refractivity contribution < 1.29 is 37.3 Å². The van der Waals surface area contributed by atoms with E-state index in [-0.39, 0.29) is 6.42 Å². The third-order valence-electron chi connectivity index (χ3n) is 3.16. The lowest BCUT2D eigenvalue weighted by Crippen LogP contribution is -2.35. The highest BCUT2D eigenvalue weighted by atomic mass is 19.2. The van der Waals surface area contributed by atoms with Crippen LogP contribution in [0.5, 0.6) is 5.75 Å². The van der Waals surface area contributed by atoms with Crippen LogP contribution >= 0.6 is 0 Å². The van der Waals surface area contributed by atoms with Crippen molar-refractivity contribution in [3.05, 3.63) is 28.8 Å². The number of methoxy groups -OCH3 is 1. The molecule has 1 rings (SSSR count). The Hall–Kier alpha value is -1.67. The number of aliphatic hydroxyl groups excluding tert-OH is 2. The third-order valence-corrected chi connectivity index (χ3v) is 3.16. The molecule has 0 spiro atoms. The molecule has 0 saturated heterocycles. The first-order valence-electron chi connectivity index (χ1n) is 6.58. The number of Topliss-reactive ketones (excluding diaryl/α,β-unsaturated/α-hetero) is 1. The van der Waals surface area contributed by atoms with E-state index in [2.05, 4.69) is 4.74 Å². The molecule has 4 nitrogen and oxygen atoms in total. The Morgan fingerprint density at radius 1 is 1.09 bits per heavy atom. The molecular formula is C14H16F4O4. The van der Waals surface area contributed by atoms with E-state index < -0.39 is 52.6 Å². The summed E-state index contributed by atoms with van der Waals surface area (Å²) >= 11 is 0. The van der Waals surface area contributed by atoms with Gasteiger partial charge in [0.1, 0.15) is 6.10 Å². The van der Waals surface area contributed by atoms with E-state index in [0.717, 1.165) is 7.11 Å². The number of unbranched alkanes of at least 4 members (excludes halogenated alkanes) is 1. The minimum Gasteiger partial charge on any atom is -0.491 e. The van der Waals surface area contributed by atoms with Crippen LogP contribution < -0.4 is 4.74 Å². The number of hydrogen-bond acceptors (Lipinski definition) is 4. The van der Waals surface area contributed by atoms with E-state index >= 15 is 0 Å². The molecule has 0 saturated carbocycles. The molecular weight excluding hydrogens is 308 g/mol. The van der Waals surface area contributed by atoms with E-state index in [1.54, 1.807) is 6.92 Å². The van der Waals surface area contributed by atoms with Gasteiger partial charge in [0.2, 0.25) is 11.6 Å². The van der Waals surface area contributed by atoms with Crippen molar-refractivity contribution in [2.24, 2.45) is 0 Å². The molecule has 0 aliphatic heterocycles. The lowest BCUT2D eigenvalue weighted by molar-refractivity contribution is 0.0162. The van der Waals surface area contributed by atoms with Crippen LogP contribution in [-0.2, 0) is 0 Å². The highest BCUT2D eigenvalue weighted by molar-refractivity contribution is 6.00. The van der Waals surface area contributed by atoms with Gasteiger partial charge in [0.05, 0.1) is 18.8 Å². The Bertz CT molecular complexity index is 533. The maximum Gasteiger partial charge on any atom is 0.204 e. The number of halogens is 4. The summed E-state index contributed by atoms with van der Waals surface area (Å²) in [5.74, 6) is -10.7. The largest absolute Gasteiger partial charge is 0.491 e. The zero-order chi connectivity index (χ0) is 17.0. The Kier molecular flexibility index (Phi) is 6.31. The zero-order valence-electron chi connectivity index (χ0n) is 12.0. The van der Waals surface area contributed by atoms with Gasteiger partial charge in [0.15, 0.2) is 23.2 Å². The molecule has 0 bridgehead atoms. The van der Waals surface area contributed by atoms with Gasteiger partial charge in [-0.15, -0.1) is 0 Å². The summed E-state index contributed by atoms with van der Waals surface area (Å²) in [4.78, 5) is 11.8. The van der Waals surface area contributed by atoms with Gasteiger partial charge in [-0.2, -0.15) is 8.78 Å². The van der Waals surface area contributed by atoms with Gasteiger partial charge in [0.25, 0.3) is 0 Å². The van der Waals surface area contributed by atoms with Crippen LogP contribution in [-0.4, -0.2) is 35.3 Å². The summed E-state index contributed by atoms with van der Waals surface area (Å²) in [6.45, 7) is 1.79. The van der Waals surface area contributed by atoms with Crippen molar-refractivity contribution in [2.75, 3.05) is 7.11 Å². The molecule has 1 aromatic carbocycles. The smallest absolute Gasteiger partial charge is 0.204 e. The highest BCUT2D eigenvalue weighted by Gasteiger charge is 2.35. The summed E-state index contributed by atoms with van der Waals surface area (Å²) in [5, 5.41) is 19.2. The molecule has 2 N–H and O–H groups in total. The lowest BCUT2D eigenvalue weighted by Gasteiger charge is -2.18. The third kappa shape index (κ3) is 3.38.